The average molecular weight is 713 g/mol. The van der Waals surface area contributed by atoms with Crippen LogP contribution >= 0.6 is 0 Å². The van der Waals surface area contributed by atoms with Gasteiger partial charge in [0.05, 0.1) is 22.3 Å². The summed E-state index contributed by atoms with van der Waals surface area (Å²) in [6.45, 7) is -0.158. The Labute approximate surface area is 321 Å². The SMILES string of the molecule is c1ccc(C2(c3ccccc3)c3ccccc3N3c4c(cccc42)B2c4c(cc5c(oc6ccccc65)c43)-c3cccc4c5oc6ccccc6c5n2c34)cc1. The predicted molar refractivity (Wildman–Crippen MR) is 229 cm³/mol. The zero-order valence-electron chi connectivity index (χ0n) is 30.0. The van der Waals surface area contributed by atoms with Crippen LogP contribution in [-0.2, 0) is 5.41 Å². The fourth-order valence-corrected chi connectivity index (χ4v) is 11.0. The molecule has 11 aromatic rings. The third-order valence-corrected chi connectivity index (χ3v) is 13.0. The third kappa shape index (κ3) is 3.24. The number of furan rings is 2. The quantitative estimate of drug-likeness (QED) is 0.167. The molecule has 0 saturated carbocycles. The third-order valence-electron chi connectivity index (χ3n) is 13.0. The first-order chi connectivity index (χ1) is 27.8. The van der Waals surface area contributed by atoms with Crippen molar-refractivity contribution >= 4 is 89.7 Å². The van der Waals surface area contributed by atoms with Crippen LogP contribution in [-0.4, -0.2) is 11.3 Å². The van der Waals surface area contributed by atoms with E-state index in [0.29, 0.717) is 0 Å². The summed E-state index contributed by atoms with van der Waals surface area (Å²) in [6.07, 6.45) is 0. The van der Waals surface area contributed by atoms with E-state index in [4.69, 9.17) is 8.83 Å². The Morgan fingerprint density at radius 2 is 1.07 bits per heavy atom. The van der Waals surface area contributed by atoms with Crippen LogP contribution in [0.3, 0.4) is 0 Å². The minimum absolute atomic E-state index is 0.158. The first-order valence-corrected chi connectivity index (χ1v) is 19.4. The van der Waals surface area contributed by atoms with Gasteiger partial charge >= 0.3 is 6.85 Å². The van der Waals surface area contributed by atoms with Gasteiger partial charge in [-0.25, -0.2) is 0 Å². The largest absolute Gasteiger partial charge is 0.454 e. The van der Waals surface area contributed by atoms with Crippen LogP contribution in [0.1, 0.15) is 22.3 Å². The Balaban J connectivity index is 1.24. The number of rotatable bonds is 2. The van der Waals surface area contributed by atoms with Gasteiger partial charge in [0, 0.05) is 38.3 Å². The summed E-state index contributed by atoms with van der Waals surface area (Å²) in [4.78, 5) is 2.56. The molecule has 0 amide bonds. The zero-order valence-corrected chi connectivity index (χ0v) is 30.0. The maximum atomic E-state index is 7.09. The predicted octanol–water partition coefficient (Wildman–Crippen LogP) is 11.6. The number of hydrogen-bond donors (Lipinski definition) is 0. The van der Waals surface area contributed by atoms with Crippen LogP contribution in [0.2, 0.25) is 0 Å². The van der Waals surface area contributed by atoms with E-state index in [1.807, 2.05) is 0 Å². The monoisotopic (exact) mass is 712 g/mol. The van der Waals surface area contributed by atoms with Gasteiger partial charge < -0.3 is 18.2 Å². The molecule has 0 spiro atoms. The van der Waals surface area contributed by atoms with E-state index < -0.39 is 5.41 Å². The van der Waals surface area contributed by atoms with Gasteiger partial charge in [-0.15, -0.1) is 0 Å². The van der Waals surface area contributed by atoms with E-state index in [1.165, 1.54) is 55.5 Å². The molecule has 0 fully saturated rings. The minimum atomic E-state index is -0.598. The number of anilines is 3. The Morgan fingerprint density at radius 3 is 1.88 bits per heavy atom. The van der Waals surface area contributed by atoms with E-state index in [-0.39, 0.29) is 6.85 Å². The van der Waals surface area contributed by atoms with Crippen molar-refractivity contribution in [1.29, 1.82) is 0 Å². The molecule has 8 aromatic carbocycles. The molecule has 4 nitrogen and oxygen atoms in total. The topological polar surface area (TPSA) is 34.5 Å². The number of para-hydroxylation sites is 5. The number of aromatic nitrogens is 1. The molecule has 0 radical (unpaired) electrons. The lowest BCUT2D eigenvalue weighted by atomic mass is 9.43. The molecule has 3 aromatic heterocycles. The lowest BCUT2D eigenvalue weighted by Crippen LogP contribution is -2.58. The van der Waals surface area contributed by atoms with Crippen molar-refractivity contribution in [3.8, 4) is 11.1 Å². The summed E-state index contributed by atoms with van der Waals surface area (Å²) in [5.41, 5.74) is 18.8. The molecule has 5 heteroatoms. The summed E-state index contributed by atoms with van der Waals surface area (Å²) in [6, 6.07) is 64.4. The second kappa shape index (κ2) is 10.1. The maximum Gasteiger partial charge on any atom is 0.333 e. The van der Waals surface area contributed by atoms with Crippen molar-refractivity contribution in [2.24, 2.45) is 0 Å². The molecule has 0 aliphatic carbocycles. The van der Waals surface area contributed by atoms with Crippen LogP contribution in [0.5, 0.6) is 0 Å². The molecule has 258 valence electrons. The van der Waals surface area contributed by atoms with E-state index in [0.717, 1.165) is 60.8 Å². The summed E-state index contributed by atoms with van der Waals surface area (Å²) in [5, 5.41) is 4.51. The maximum absolute atomic E-state index is 7.09. The summed E-state index contributed by atoms with van der Waals surface area (Å²) < 4.78 is 16.5. The molecule has 6 heterocycles. The van der Waals surface area contributed by atoms with Gasteiger partial charge in [-0.1, -0.05) is 140 Å². The first kappa shape index (κ1) is 29.2. The fourth-order valence-electron chi connectivity index (χ4n) is 11.0. The van der Waals surface area contributed by atoms with Crippen molar-refractivity contribution in [2.45, 2.75) is 5.41 Å². The highest BCUT2D eigenvalue weighted by Gasteiger charge is 2.53. The van der Waals surface area contributed by atoms with Gasteiger partial charge in [-0.05, 0) is 75.1 Å². The summed E-state index contributed by atoms with van der Waals surface area (Å²) >= 11 is 0. The highest BCUT2D eigenvalue weighted by atomic mass is 16.3. The van der Waals surface area contributed by atoms with Crippen LogP contribution in [0.15, 0.2) is 185 Å². The molecule has 0 atom stereocenters. The van der Waals surface area contributed by atoms with Gasteiger partial charge in [-0.3, -0.25) is 0 Å². The molecule has 0 saturated heterocycles. The standard InChI is InChI=1S/C51H29BN2O2/c1-3-15-30(16-4-1)51(31-17-5-2-6-18-31)38-23-9-10-26-41(38)53-47-39(51)24-14-25-40(47)52-44-36(29-37-32-19-7-11-27-42(32)55-50(37)48(44)53)33-21-13-22-35-45(33)54(52)46-34-20-8-12-28-43(34)56-49(35)46/h1-29H. The number of fused-ring (bicyclic) bond motifs is 15. The fraction of sp³-hybridized carbons (Fsp3) is 0.0196. The second-order valence-corrected chi connectivity index (χ2v) is 15.5. The van der Waals surface area contributed by atoms with Crippen LogP contribution in [0, 0.1) is 0 Å². The second-order valence-electron chi connectivity index (χ2n) is 15.5. The molecule has 0 bridgehead atoms. The minimum Gasteiger partial charge on any atom is -0.454 e. The lowest BCUT2D eigenvalue weighted by Gasteiger charge is -2.50. The molecular formula is C51H29BN2O2. The van der Waals surface area contributed by atoms with Crippen molar-refractivity contribution < 1.29 is 8.83 Å². The number of benzene rings is 8. The van der Waals surface area contributed by atoms with E-state index >= 15 is 0 Å². The Kier molecular flexibility index (Phi) is 5.25. The van der Waals surface area contributed by atoms with Gasteiger partial charge in [-0.2, -0.15) is 0 Å². The van der Waals surface area contributed by atoms with Gasteiger partial charge in [0.1, 0.15) is 11.2 Å². The molecular weight excluding hydrogens is 683 g/mol. The highest BCUT2D eigenvalue weighted by Crippen LogP contribution is 2.60. The molecule has 0 N–H and O–H groups in total. The molecule has 3 aliphatic rings. The van der Waals surface area contributed by atoms with Crippen LogP contribution < -0.4 is 15.8 Å². The summed E-state index contributed by atoms with van der Waals surface area (Å²) in [5.74, 6) is 0. The first-order valence-electron chi connectivity index (χ1n) is 19.4. The highest BCUT2D eigenvalue weighted by molar-refractivity contribution is 6.90. The van der Waals surface area contributed by atoms with Gasteiger partial charge in [0.2, 0.25) is 0 Å². The van der Waals surface area contributed by atoms with E-state index in [2.05, 4.69) is 185 Å². The zero-order chi connectivity index (χ0) is 36.3. The van der Waals surface area contributed by atoms with Crippen molar-refractivity contribution in [2.75, 3.05) is 4.90 Å². The number of hydrogen-bond acceptors (Lipinski definition) is 3. The summed E-state index contributed by atoms with van der Waals surface area (Å²) in [7, 11) is 0. The molecule has 14 rings (SSSR count). The lowest BCUT2D eigenvalue weighted by molar-refractivity contribution is 0.668. The smallest absolute Gasteiger partial charge is 0.333 e. The Morgan fingerprint density at radius 1 is 0.446 bits per heavy atom. The van der Waals surface area contributed by atoms with E-state index in [9.17, 15) is 0 Å². The molecule has 3 aliphatic heterocycles. The Bertz CT molecular complexity index is 3460. The Hall–Kier alpha value is -7.24. The van der Waals surface area contributed by atoms with Gasteiger partial charge in [0.15, 0.2) is 11.2 Å². The van der Waals surface area contributed by atoms with E-state index in [1.54, 1.807) is 0 Å². The van der Waals surface area contributed by atoms with Crippen molar-refractivity contribution in [3.63, 3.8) is 0 Å². The normalized spacial score (nSPS) is 14.5. The van der Waals surface area contributed by atoms with Gasteiger partial charge in [0.25, 0.3) is 0 Å². The average Bonchev–Trinajstić information content (AvgIpc) is 3.93. The van der Waals surface area contributed by atoms with Crippen LogP contribution in [0.25, 0.3) is 66.0 Å². The number of nitrogens with zero attached hydrogens (tertiary/aromatic N) is 2. The van der Waals surface area contributed by atoms with Crippen LogP contribution in [0.4, 0.5) is 17.1 Å². The molecule has 56 heavy (non-hydrogen) atoms. The molecule has 0 unspecified atom stereocenters. The van der Waals surface area contributed by atoms with Crippen molar-refractivity contribution in [1.82, 2.24) is 4.48 Å². The van der Waals surface area contributed by atoms with Crippen molar-refractivity contribution in [3.05, 3.63) is 198 Å².